The lowest BCUT2D eigenvalue weighted by molar-refractivity contribution is -0.140. The van der Waals surface area contributed by atoms with Crippen molar-refractivity contribution in [3.05, 3.63) is 35.4 Å². The fourth-order valence-corrected chi connectivity index (χ4v) is 2.39. The first-order valence-corrected chi connectivity index (χ1v) is 7.23. The maximum atomic E-state index is 13.0. The molecule has 2 rings (SSSR count). The van der Waals surface area contributed by atoms with Gasteiger partial charge in [0.1, 0.15) is 0 Å². The van der Waals surface area contributed by atoms with Crippen LogP contribution in [0.25, 0.3) is 0 Å². The molecule has 1 aromatic carbocycles. The second-order valence-electron chi connectivity index (χ2n) is 6.01. The van der Waals surface area contributed by atoms with Crippen LogP contribution in [0.5, 0.6) is 0 Å². The molecule has 1 aromatic rings. The molecule has 1 aliphatic rings. The average Bonchev–Trinajstić information content (AvgIpc) is 3.18. The van der Waals surface area contributed by atoms with Crippen LogP contribution in [0.1, 0.15) is 44.2 Å². The molecule has 0 aromatic heterocycles. The minimum absolute atomic E-state index is 0.0475. The Hall–Kier alpha value is -1.52. The van der Waals surface area contributed by atoms with E-state index in [0.717, 1.165) is 18.9 Å². The van der Waals surface area contributed by atoms with Crippen molar-refractivity contribution in [3.63, 3.8) is 0 Å². The largest absolute Gasteiger partial charge is 0.416 e. The zero-order valence-electron chi connectivity index (χ0n) is 12.3. The van der Waals surface area contributed by atoms with E-state index in [1.807, 2.05) is 13.8 Å². The molecule has 0 radical (unpaired) electrons. The van der Waals surface area contributed by atoms with Gasteiger partial charge in [-0.3, -0.25) is 4.79 Å². The van der Waals surface area contributed by atoms with Gasteiger partial charge in [-0.15, -0.1) is 0 Å². The Morgan fingerprint density at radius 3 is 2.43 bits per heavy atom. The predicted molar refractivity (Wildman–Crippen MR) is 74.5 cm³/mol. The van der Waals surface area contributed by atoms with E-state index < -0.39 is 11.7 Å². The molecule has 1 saturated carbocycles. The van der Waals surface area contributed by atoms with Gasteiger partial charge in [-0.2, -0.15) is 13.2 Å². The smallest absolute Gasteiger partial charge is 0.335 e. The molecule has 116 valence electrons. The van der Waals surface area contributed by atoms with Crippen molar-refractivity contribution >= 4 is 5.91 Å². The summed E-state index contributed by atoms with van der Waals surface area (Å²) in [5.41, 5.74) is -0.470. The molecule has 0 spiro atoms. The monoisotopic (exact) mass is 299 g/mol. The minimum Gasteiger partial charge on any atom is -0.335 e. The normalized spacial score (nSPS) is 15.3. The van der Waals surface area contributed by atoms with Crippen molar-refractivity contribution in [3.8, 4) is 0 Å². The van der Waals surface area contributed by atoms with E-state index in [0.29, 0.717) is 6.42 Å². The maximum Gasteiger partial charge on any atom is 0.416 e. The number of nitrogens with zero attached hydrogens (tertiary/aromatic N) is 1. The number of halogens is 3. The van der Waals surface area contributed by atoms with E-state index in [1.54, 1.807) is 11.0 Å². The van der Waals surface area contributed by atoms with Gasteiger partial charge in [-0.05, 0) is 30.4 Å². The molecule has 0 aliphatic heterocycles. The molecule has 1 aliphatic carbocycles. The summed E-state index contributed by atoms with van der Waals surface area (Å²) < 4.78 is 39.1. The van der Waals surface area contributed by atoms with Crippen molar-refractivity contribution in [2.45, 2.75) is 51.9 Å². The van der Waals surface area contributed by atoms with Gasteiger partial charge in [0, 0.05) is 19.0 Å². The molecule has 0 bridgehead atoms. The lowest BCUT2D eigenvalue weighted by atomic mass is 10.1. The van der Waals surface area contributed by atoms with Crippen LogP contribution < -0.4 is 0 Å². The summed E-state index contributed by atoms with van der Waals surface area (Å²) in [6.07, 6.45) is -2.23. The SMILES string of the molecule is CC(C)CC(=O)N(Cc1ccccc1C(F)(F)F)C1CC1. The summed E-state index contributed by atoms with van der Waals surface area (Å²) in [7, 11) is 0. The molecule has 0 saturated heterocycles. The van der Waals surface area contributed by atoms with E-state index in [1.165, 1.54) is 12.1 Å². The van der Waals surface area contributed by atoms with Gasteiger partial charge in [0.05, 0.1) is 5.56 Å². The fraction of sp³-hybridized carbons (Fsp3) is 0.562. The highest BCUT2D eigenvalue weighted by molar-refractivity contribution is 5.77. The first-order chi connectivity index (χ1) is 9.79. The highest BCUT2D eigenvalue weighted by atomic mass is 19.4. The van der Waals surface area contributed by atoms with Gasteiger partial charge in [0.25, 0.3) is 0 Å². The summed E-state index contributed by atoms with van der Waals surface area (Å²) in [6.45, 7) is 3.92. The lowest BCUT2D eigenvalue weighted by Gasteiger charge is -2.25. The molecule has 21 heavy (non-hydrogen) atoms. The Bertz CT molecular complexity index is 506. The minimum atomic E-state index is -4.38. The van der Waals surface area contributed by atoms with Gasteiger partial charge in [-0.25, -0.2) is 0 Å². The van der Waals surface area contributed by atoms with E-state index in [-0.39, 0.29) is 30.0 Å². The molecule has 2 nitrogen and oxygen atoms in total. The Labute approximate surface area is 122 Å². The van der Waals surface area contributed by atoms with Gasteiger partial charge in [0.15, 0.2) is 0 Å². The second kappa shape index (κ2) is 6.08. The summed E-state index contributed by atoms with van der Waals surface area (Å²) in [5, 5.41) is 0. The van der Waals surface area contributed by atoms with Crippen LogP contribution in [-0.4, -0.2) is 16.8 Å². The van der Waals surface area contributed by atoms with E-state index in [9.17, 15) is 18.0 Å². The summed E-state index contributed by atoms with van der Waals surface area (Å²) in [4.78, 5) is 13.9. The van der Waals surface area contributed by atoms with Gasteiger partial charge < -0.3 is 4.90 Å². The Balaban J connectivity index is 2.20. The highest BCUT2D eigenvalue weighted by Gasteiger charge is 2.36. The van der Waals surface area contributed by atoms with Crippen LogP contribution in [-0.2, 0) is 17.5 Å². The number of carbonyl (C=O) groups excluding carboxylic acids is 1. The molecule has 0 heterocycles. The molecule has 0 N–H and O–H groups in total. The maximum absolute atomic E-state index is 13.0. The van der Waals surface area contributed by atoms with Gasteiger partial charge >= 0.3 is 6.18 Å². The summed E-state index contributed by atoms with van der Waals surface area (Å²) in [5.74, 6) is 0.154. The van der Waals surface area contributed by atoms with Crippen LogP contribution in [0.15, 0.2) is 24.3 Å². The van der Waals surface area contributed by atoms with Crippen LogP contribution in [0.2, 0.25) is 0 Å². The third-order valence-electron chi connectivity index (χ3n) is 3.55. The molecular weight excluding hydrogens is 279 g/mol. The van der Waals surface area contributed by atoms with Crippen molar-refractivity contribution in [1.29, 1.82) is 0 Å². The summed E-state index contributed by atoms with van der Waals surface area (Å²) >= 11 is 0. The zero-order chi connectivity index (χ0) is 15.6. The number of amides is 1. The number of hydrogen-bond donors (Lipinski definition) is 0. The lowest BCUT2D eigenvalue weighted by Crippen LogP contribution is -2.34. The third-order valence-corrected chi connectivity index (χ3v) is 3.55. The highest BCUT2D eigenvalue weighted by Crippen LogP contribution is 2.35. The number of hydrogen-bond acceptors (Lipinski definition) is 1. The number of rotatable bonds is 5. The third kappa shape index (κ3) is 4.22. The molecule has 1 fully saturated rings. The summed E-state index contributed by atoms with van der Waals surface area (Å²) in [6, 6.07) is 5.61. The average molecular weight is 299 g/mol. The molecule has 0 unspecified atom stereocenters. The quantitative estimate of drug-likeness (QED) is 0.796. The van der Waals surface area contributed by atoms with Crippen LogP contribution in [0, 0.1) is 5.92 Å². The Kier molecular flexibility index (Phi) is 4.59. The van der Waals surface area contributed by atoms with Gasteiger partial charge in [-0.1, -0.05) is 32.0 Å². The van der Waals surface area contributed by atoms with E-state index in [4.69, 9.17) is 0 Å². The second-order valence-corrected chi connectivity index (χ2v) is 6.01. The number of alkyl halides is 3. The molecule has 1 amide bonds. The van der Waals surface area contributed by atoms with Crippen molar-refractivity contribution in [2.75, 3.05) is 0 Å². The topological polar surface area (TPSA) is 20.3 Å². The van der Waals surface area contributed by atoms with Crippen molar-refractivity contribution in [1.82, 2.24) is 4.90 Å². The van der Waals surface area contributed by atoms with Gasteiger partial charge in [0.2, 0.25) is 5.91 Å². The first kappa shape index (κ1) is 15.9. The number of benzene rings is 1. The standard InChI is InChI=1S/C16H20F3NO/c1-11(2)9-15(21)20(13-7-8-13)10-12-5-3-4-6-14(12)16(17,18)19/h3-6,11,13H,7-10H2,1-2H3. The molecule has 0 atom stereocenters. The van der Waals surface area contributed by atoms with E-state index >= 15 is 0 Å². The van der Waals surface area contributed by atoms with Crippen LogP contribution in [0.4, 0.5) is 13.2 Å². The molecule has 5 heteroatoms. The first-order valence-electron chi connectivity index (χ1n) is 7.23. The molecular formula is C16H20F3NO. The Morgan fingerprint density at radius 2 is 1.90 bits per heavy atom. The van der Waals surface area contributed by atoms with Crippen LogP contribution >= 0.6 is 0 Å². The predicted octanol–water partition coefficient (Wildman–Crippen LogP) is 4.24. The Morgan fingerprint density at radius 1 is 1.29 bits per heavy atom. The van der Waals surface area contributed by atoms with Crippen LogP contribution in [0.3, 0.4) is 0 Å². The van der Waals surface area contributed by atoms with Crippen molar-refractivity contribution in [2.24, 2.45) is 5.92 Å². The number of carbonyl (C=O) groups is 1. The fourth-order valence-electron chi connectivity index (χ4n) is 2.39. The van der Waals surface area contributed by atoms with Crippen molar-refractivity contribution < 1.29 is 18.0 Å². The van der Waals surface area contributed by atoms with E-state index in [2.05, 4.69) is 0 Å². The zero-order valence-corrected chi connectivity index (χ0v) is 12.3.